The zero-order valence-corrected chi connectivity index (χ0v) is 14.2. The van der Waals surface area contributed by atoms with Gasteiger partial charge < -0.3 is 18.8 Å². The van der Waals surface area contributed by atoms with Gasteiger partial charge in [-0.05, 0) is 38.1 Å². The Morgan fingerprint density at radius 3 is 1.38 bits per heavy atom. The second-order valence-electron chi connectivity index (χ2n) is 4.83. The van der Waals surface area contributed by atoms with Crippen LogP contribution in [0.25, 0.3) is 0 Å². The Kier molecular flexibility index (Phi) is 8.30. The van der Waals surface area contributed by atoms with Crippen LogP contribution in [0.3, 0.4) is 0 Å². The van der Waals surface area contributed by atoms with E-state index in [-0.39, 0.29) is 60.4 Å². The van der Waals surface area contributed by atoms with Crippen LogP contribution in [-0.4, -0.2) is 58.7 Å². The second kappa shape index (κ2) is 9.05. The van der Waals surface area contributed by atoms with Gasteiger partial charge in [-0.15, -0.1) is 0 Å². The van der Waals surface area contributed by atoms with Crippen molar-refractivity contribution in [1.29, 1.82) is 0 Å². The van der Waals surface area contributed by atoms with Crippen molar-refractivity contribution in [2.75, 3.05) is 0 Å². The average Bonchev–Trinajstić information content (AvgIpc) is 2.42. The number of phosphoric ester groups is 1. The van der Waals surface area contributed by atoms with E-state index < -0.39 is 15.6 Å². The predicted octanol–water partition coefficient (Wildman–Crippen LogP) is 3.06. The quantitative estimate of drug-likeness (QED) is 0.467. The molecule has 2 aromatic rings. The molecule has 2 N–H and O–H groups in total. The molecule has 0 aliphatic carbocycles. The van der Waals surface area contributed by atoms with E-state index in [1.807, 2.05) is 13.8 Å². The monoisotopic (exact) mass is 498 g/mol. The zero-order chi connectivity index (χ0) is 17.1. The molecule has 0 aliphatic heterocycles. The SMILES string of the molecule is Cc1ccc(OP(=O)(Oc2ccc(C)cc2)OP(=O)(O)O)cc1.[BaH2]. The van der Waals surface area contributed by atoms with E-state index in [0.29, 0.717) is 0 Å². The molecule has 0 spiro atoms. The summed E-state index contributed by atoms with van der Waals surface area (Å²) in [6.45, 7) is 3.69. The molecule has 24 heavy (non-hydrogen) atoms. The molecule has 0 atom stereocenters. The number of aryl methyl sites for hydroxylation is 2. The van der Waals surface area contributed by atoms with Crippen LogP contribution in [0.4, 0.5) is 0 Å². The third-order valence-electron chi connectivity index (χ3n) is 2.68. The van der Waals surface area contributed by atoms with E-state index in [2.05, 4.69) is 4.31 Å². The van der Waals surface area contributed by atoms with Crippen molar-refractivity contribution < 1.29 is 32.3 Å². The zero-order valence-electron chi connectivity index (χ0n) is 12.4. The minimum absolute atomic E-state index is 0. The fourth-order valence-electron chi connectivity index (χ4n) is 1.64. The normalized spacial score (nSPS) is 11.5. The Morgan fingerprint density at radius 2 is 1.08 bits per heavy atom. The topological polar surface area (TPSA) is 102 Å². The van der Waals surface area contributed by atoms with Crippen LogP contribution in [0, 0.1) is 13.8 Å². The number of phosphoric acid groups is 2. The first kappa shape index (κ1) is 22.0. The molecule has 0 radical (unpaired) electrons. The van der Waals surface area contributed by atoms with Crippen molar-refractivity contribution in [1.82, 2.24) is 0 Å². The third kappa shape index (κ3) is 7.46. The molecule has 0 bridgehead atoms. The Bertz CT molecular complexity index is 704. The van der Waals surface area contributed by atoms with Crippen LogP contribution in [0.15, 0.2) is 48.5 Å². The molecule has 0 fully saturated rings. The average molecular weight is 498 g/mol. The van der Waals surface area contributed by atoms with Crippen LogP contribution in [0.1, 0.15) is 11.1 Å². The summed E-state index contributed by atoms with van der Waals surface area (Å²) in [4.78, 5) is 17.9. The molecule has 0 saturated carbocycles. The summed E-state index contributed by atoms with van der Waals surface area (Å²) in [6.07, 6.45) is 0. The Labute approximate surface area is 180 Å². The number of hydrogen-bond donors (Lipinski definition) is 2. The third-order valence-corrected chi connectivity index (χ3v) is 5.20. The van der Waals surface area contributed by atoms with E-state index in [9.17, 15) is 9.13 Å². The van der Waals surface area contributed by atoms with Gasteiger partial charge in [0, 0.05) is 0 Å². The molecule has 2 aromatic carbocycles. The van der Waals surface area contributed by atoms with Crippen molar-refractivity contribution in [2.24, 2.45) is 0 Å². The van der Waals surface area contributed by atoms with Gasteiger partial charge >= 0.3 is 64.5 Å². The number of rotatable bonds is 6. The van der Waals surface area contributed by atoms with Gasteiger partial charge in [0.15, 0.2) is 0 Å². The first-order valence-corrected chi connectivity index (χ1v) is 9.54. The van der Waals surface area contributed by atoms with Crippen LogP contribution < -0.4 is 9.05 Å². The molecule has 128 valence electrons. The van der Waals surface area contributed by atoms with Crippen LogP contribution >= 0.6 is 15.6 Å². The van der Waals surface area contributed by atoms with Crippen molar-refractivity contribution >= 4 is 64.5 Å². The van der Waals surface area contributed by atoms with Gasteiger partial charge in [0.1, 0.15) is 11.5 Å². The summed E-state index contributed by atoms with van der Waals surface area (Å²) in [5.74, 6) is 0.194. The van der Waals surface area contributed by atoms with Crippen molar-refractivity contribution in [2.45, 2.75) is 13.8 Å². The molecular weight excluding hydrogens is 479 g/mol. The van der Waals surface area contributed by atoms with Gasteiger partial charge in [-0.25, -0.2) is 9.13 Å². The minimum atomic E-state index is -5.09. The Balaban J connectivity index is 0.00000288. The first-order chi connectivity index (χ1) is 10.7. The molecule has 7 nitrogen and oxygen atoms in total. The molecular formula is C14H18BaO7P2. The maximum absolute atomic E-state index is 12.6. The van der Waals surface area contributed by atoms with Crippen LogP contribution in [0.5, 0.6) is 11.5 Å². The number of hydrogen-bond acceptors (Lipinski definition) is 5. The van der Waals surface area contributed by atoms with Crippen molar-refractivity contribution in [3.63, 3.8) is 0 Å². The fourth-order valence-corrected chi connectivity index (χ4v) is 3.74. The molecule has 0 amide bonds. The Morgan fingerprint density at radius 1 is 0.750 bits per heavy atom. The molecule has 10 heteroatoms. The molecule has 0 unspecified atom stereocenters. The van der Waals surface area contributed by atoms with E-state index in [4.69, 9.17) is 18.8 Å². The summed E-state index contributed by atoms with van der Waals surface area (Å²) in [7, 11) is -9.67. The molecule has 0 aliphatic rings. The van der Waals surface area contributed by atoms with E-state index in [0.717, 1.165) is 11.1 Å². The van der Waals surface area contributed by atoms with Crippen molar-refractivity contribution in [3.8, 4) is 11.5 Å². The van der Waals surface area contributed by atoms with Gasteiger partial charge in [-0.1, -0.05) is 35.4 Å². The van der Waals surface area contributed by atoms with Crippen molar-refractivity contribution in [3.05, 3.63) is 59.7 Å². The molecule has 0 heterocycles. The summed E-state index contributed by atoms with van der Waals surface area (Å²) in [5.41, 5.74) is 1.87. The Hall–Kier alpha value is -0.0486. The van der Waals surface area contributed by atoms with Crippen LogP contribution in [0.2, 0.25) is 0 Å². The van der Waals surface area contributed by atoms with E-state index in [1.165, 1.54) is 24.3 Å². The van der Waals surface area contributed by atoms with Gasteiger partial charge in [-0.2, -0.15) is 4.31 Å². The van der Waals surface area contributed by atoms with Gasteiger partial charge in [0.25, 0.3) is 0 Å². The van der Waals surface area contributed by atoms with Crippen LogP contribution in [-0.2, 0) is 13.4 Å². The maximum atomic E-state index is 12.6. The van der Waals surface area contributed by atoms with Gasteiger partial charge in [0.2, 0.25) is 0 Å². The summed E-state index contributed by atoms with van der Waals surface area (Å²) in [5, 5.41) is 0. The standard InChI is InChI=1S/C14H16O7P2.Ba.2H/c1-11-3-7-13(8-4-11)19-23(18,21-22(15,16)17)20-14-9-5-12(2)6-10-14;;;/h3-10H,1-2H3,(H2,15,16,17);;;. The predicted molar refractivity (Wildman–Crippen MR) is 92.9 cm³/mol. The number of benzene rings is 2. The summed E-state index contributed by atoms with van der Waals surface area (Å²) < 4.78 is 38.1. The summed E-state index contributed by atoms with van der Waals surface area (Å²) >= 11 is 0. The van der Waals surface area contributed by atoms with E-state index >= 15 is 0 Å². The molecule has 2 rings (SSSR count). The molecule has 0 aromatic heterocycles. The molecule has 0 saturated heterocycles. The first-order valence-electron chi connectivity index (χ1n) is 6.55. The fraction of sp³-hybridized carbons (Fsp3) is 0.143. The van der Waals surface area contributed by atoms with E-state index in [1.54, 1.807) is 24.3 Å². The van der Waals surface area contributed by atoms with Gasteiger partial charge in [-0.3, -0.25) is 0 Å². The summed E-state index contributed by atoms with van der Waals surface area (Å²) in [6, 6.07) is 12.7. The second-order valence-corrected chi connectivity index (χ2v) is 7.72. The van der Waals surface area contributed by atoms with Gasteiger partial charge in [0.05, 0.1) is 0 Å².